The van der Waals surface area contributed by atoms with E-state index < -0.39 is 18.1 Å². The van der Waals surface area contributed by atoms with Gasteiger partial charge in [0.15, 0.2) is 0 Å². The summed E-state index contributed by atoms with van der Waals surface area (Å²) in [4.78, 5) is 23.9. The average Bonchev–Trinajstić information content (AvgIpc) is 2.98. The van der Waals surface area contributed by atoms with Crippen molar-refractivity contribution in [3.63, 3.8) is 0 Å². The van der Waals surface area contributed by atoms with Crippen molar-refractivity contribution in [1.82, 2.24) is 5.32 Å². The average molecular weight is 371 g/mol. The van der Waals surface area contributed by atoms with Crippen LogP contribution in [0.4, 0.5) is 4.79 Å². The van der Waals surface area contributed by atoms with Gasteiger partial charge in [0.1, 0.15) is 12.6 Å². The number of rotatable bonds is 6. The Kier molecular flexibility index (Phi) is 5.83. The monoisotopic (exact) mass is 371 g/mol. The molecule has 1 aliphatic carbocycles. The number of esters is 1. The SMILES string of the molecule is CCOC(=O)[C@H](CS)NC(=O)OCC1c2ccccc2-c2ccccc21. The quantitative estimate of drug-likeness (QED) is 0.603. The highest BCUT2D eigenvalue weighted by molar-refractivity contribution is 7.80. The van der Waals surface area contributed by atoms with E-state index in [4.69, 9.17) is 9.47 Å². The molecule has 6 heteroatoms. The molecule has 5 nitrogen and oxygen atoms in total. The topological polar surface area (TPSA) is 64.6 Å². The number of amides is 1. The van der Waals surface area contributed by atoms with Crippen LogP contribution in [0.2, 0.25) is 0 Å². The molecule has 0 radical (unpaired) electrons. The Morgan fingerprint density at radius 3 is 2.15 bits per heavy atom. The summed E-state index contributed by atoms with van der Waals surface area (Å²) in [5.41, 5.74) is 4.60. The van der Waals surface area contributed by atoms with Crippen LogP contribution in [0.15, 0.2) is 48.5 Å². The van der Waals surface area contributed by atoms with Crippen molar-refractivity contribution in [2.45, 2.75) is 18.9 Å². The van der Waals surface area contributed by atoms with Crippen LogP contribution in [0.1, 0.15) is 24.0 Å². The van der Waals surface area contributed by atoms with Gasteiger partial charge in [0, 0.05) is 11.7 Å². The highest BCUT2D eigenvalue weighted by Crippen LogP contribution is 2.44. The molecule has 0 aliphatic heterocycles. The van der Waals surface area contributed by atoms with Crippen molar-refractivity contribution < 1.29 is 19.1 Å². The molecule has 2 aromatic rings. The molecule has 0 bridgehead atoms. The second kappa shape index (κ2) is 8.27. The maximum absolute atomic E-state index is 12.1. The predicted molar refractivity (Wildman–Crippen MR) is 102 cm³/mol. The summed E-state index contributed by atoms with van der Waals surface area (Å²) in [5.74, 6) is -0.399. The van der Waals surface area contributed by atoms with Gasteiger partial charge in [-0.1, -0.05) is 48.5 Å². The van der Waals surface area contributed by atoms with Crippen LogP contribution in [-0.2, 0) is 14.3 Å². The summed E-state index contributed by atoms with van der Waals surface area (Å²) in [5, 5.41) is 2.51. The van der Waals surface area contributed by atoms with Crippen LogP contribution >= 0.6 is 12.6 Å². The summed E-state index contributed by atoms with van der Waals surface area (Å²) in [6.45, 7) is 2.15. The van der Waals surface area contributed by atoms with Gasteiger partial charge in [-0.3, -0.25) is 0 Å². The smallest absolute Gasteiger partial charge is 0.407 e. The molecule has 26 heavy (non-hydrogen) atoms. The first-order valence-corrected chi connectivity index (χ1v) is 9.18. The van der Waals surface area contributed by atoms with Crippen LogP contribution in [0.5, 0.6) is 0 Å². The molecule has 0 heterocycles. The molecule has 0 unspecified atom stereocenters. The Balaban J connectivity index is 1.68. The van der Waals surface area contributed by atoms with E-state index in [0.29, 0.717) is 0 Å². The van der Waals surface area contributed by atoms with Gasteiger partial charge in [-0.15, -0.1) is 0 Å². The zero-order valence-corrected chi connectivity index (χ0v) is 15.4. The molecule has 1 aliphatic rings. The van der Waals surface area contributed by atoms with Gasteiger partial charge in [0.2, 0.25) is 0 Å². The second-order valence-corrected chi connectivity index (χ2v) is 6.32. The zero-order chi connectivity index (χ0) is 18.5. The molecule has 1 amide bonds. The minimum absolute atomic E-state index is 0.0230. The Labute approximate surface area is 158 Å². The normalized spacial score (nSPS) is 13.5. The van der Waals surface area contributed by atoms with Crippen LogP contribution in [0, 0.1) is 0 Å². The van der Waals surface area contributed by atoms with Crippen LogP contribution < -0.4 is 5.32 Å². The summed E-state index contributed by atoms with van der Waals surface area (Å²) in [6.07, 6.45) is -0.654. The molecule has 0 aromatic heterocycles. The van der Waals surface area contributed by atoms with Crippen molar-refractivity contribution in [2.75, 3.05) is 19.0 Å². The highest BCUT2D eigenvalue weighted by Gasteiger charge is 2.29. The van der Waals surface area contributed by atoms with Gasteiger partial charge in [-0.25, -0.2) is 9.59 Å². The van der Waals surface area contributed by atoms with Crippen molar-refractivity contribution in [1.29, 1.82) is 0 Å². The van der Waals surface area contributed by atoms with Gasteiger partial charge in [0.25, 0.3) is 0 Å². The number of alkyl carbamates (subject to hydrolysis) is 1. The number of nitrogens with one attached hydrogen (secondary N) is 1. The lowest BCUT2D eigenvalue weighted by molar-refractivity contribution is -0.144. The van der Waals surface area contributed by atoms with Crippen molar-refractivity contribution >= 4 is 24.7 Å². The molecular weight excluding hydrogens is 350 g/mol. The molecule has 3 rings (SSSR count). The molecule has 0 spiro atoms. The highest BCUT2D eigenvalue weighted by atomic mass is 32.1. The van der Waals surface area contributed by atoms with Gasteiger partial charge in [-0.2, -0.15) is 12.6 Å². The fourth-order valence-corrected chi connectivity index (χ4v) is 3.44. The maximum Gasteiger partial charge on any atom is 0.407 e. The summed E-state index contributed by atoms with van der Waals surface area (Å²) in [6, 6.07) is 15.4. The first-order chi connectivity index (χ1) is 12.7. The van der Waals surface area contributed by atoms with E-state index >= 15 is 0 Å². The Morgan fingerprint density at radius 2 is 1.62 bits per heavy atom. The second-order valence-electron chi connectivity index (χ2n) is 5.96. The number of carbonyl (C=O) groups excluding carboxylic acids is 2. The molecule has 1 N–H and O–H groups in total. The van der Waals surface area contributed by atoms with Crippen LogP contribution in [-0.4, -0.2) is 37.1 Å². The van der Waals surface area contributed by atoms with Crippen LogP contribution in [0.3, 0.4) is 0 Å². The fraction of sp³-hybridized carbons (Fsp3) is 0.300. The fourth-order valence-electron chi connectivity index (χ4n) is 3.20. The number of hydrogen-bond acceptors (Lipinski definition) is 5. The number of carbonyl (C=O) groups is 2. The van der Waals surface area contributed by atoms with Crippen molar-refractivity contribution in [3.8, 4) is 11.1 Å². The molecule has 1 atom stereocenters. The largest absolute Gasteiger partial charge is 0.464 e. The number of hydrogen-bond donors (Lipinski definition) is 2. The zero-order valence-electron chi connectivity index (χ0n) is 14.5. The van der Waals surface area contributed by atoms with E-state index in [9.17, 15) is 9.59 Å². The number of benzene rings is 2. The first kappa shape index (κ1) is 18.3. The van der Waals surface area contributed by atoms with Crippen molar-refractivity contribution in [2.24, 2.45) is 0 Å². The lowest BCUT2D eigenvalue weighted by atomic mass is 9.98. The molecule has 0 saturated heterocycles. The van der Waals surface area contributed by atoms with E-state index in [1.807, 2.05) is 24.3 Å². The Hall–Kier alpha value is -2.47. The Bertz CT molecular complexity index is 762. The first-order valence-electron chi connectivity index (χ1n) is 8.54. The third-order valence-corrected chi connectivity index (χ3v) is 4.75. The van der Waals surface area contributed by atoms with Gasteiger partial charge in [-0.05, 0) is 29.2 Å². The lowest BCUT2D eigenvalue weighted by Gasteiger charge is -2.17. The van der Waals surface area contributed by atoms with E-state index in [2.05, 4.69) is 42.2 Å². The van der Waals surface area contributed by atoms with E-state index in [1.165, 1.54) is 0 Å². The molecule has 0 fully saturated rings. The number of ether oxygens (including phenoxy) is 2. The van der Waals surface area contributed by atoms with E-state index in [-0.39, 0.29) is 24.9 Å². The Morgan fingerprint density at radius 1 is 1.04 bits per heavy atom. The summed E-state index contributed by atoms with van der Waals surface area (Å²) < 4.78 is 10.3. The summed E-state index contributed by atoms with van der Waals surface area (Å²) in [7, 11) is 0. The minimum Gasteiger partial charge on any atom is -0.464 e. The molecule has 2 aromatic carbocycles. The van der Waals surface area contributed by atoms with Gasteiger partial charge < -0.3 is 14.8 Å². The lowest BCUT2D eigenvalue weighted by Crippen LogP contribution is -2.43. The van der Waals surface area contributed by atoms with E-state index in [1.54, 1.807) is 6.92 Å². The van der Waals surface area contributed by atoms with Crippen LogP contribution in [0.25, 0.3) is 11.1 Å². The minimum atomic E-state index is -0.825. The molecule has 136 valence electrons. The number of fused-ring (bicyclic) bond motifs is 3. The molecular formula is C20H21NO4S. The van der Waals surface area contributed by atoms with Crippen molar-refractivity contribution in [3.05, 3.63) is 59.7 Å². The predicted octanol–water partition coefficient (Wildman–Crippen LogP) is 3.39. The summed E-state index contributed by atoms with van der Waals surface area (Å²) >= 11 is 4.08. The van der Waals surface area contributed by atoms with Gasteiger partial charge >= 0.3 is 12.1 Å². The van der Waals surface area contributed by atoms with Gasteiger partial charge in [0.05, 0.1) is 6.61 Å². The third kappa shape index (κ3) is 3.70. The maximum atomic E-state index is 12.1. The molecule has 0 saturated carbocycles. The number of thiol groups is 1. The third-order valence-electron chi connectivity index (χ3n) is 4.39. The van der Waals surface area contributed by atoms with E-state index in [0.717, 1.165) is 22.3 Å². The standard InChI is InChI=1S/C20H21NO4S/c1-2-24-19(22)18(12-26)21-20(23)25-11-17-15-9-5-3-7-13(15)14-8-4-6-10-16(14)17/h3-10,17-18,26H,2,11-12H2,1H3,(H,21,23)/t18-/m0/s1.